The maximum atomic E-state index is 13.2. The number of thiazole rings is 1. The van der Waals surface area contributed by atoms with Gasteiger partial charge in [0.2, 0.25) is 11.8 Å². The van der Waals surface area contributed by atoms with Gasteiger partial charge in [0.25, 0.3) is 5.91 Å². The minimum Gasteiger partial charge on any atom is -0.368 e. The van der Waals surface area contributed by atoms with Crippen molar-refractivity contribution in [3.05, 3.63) is 39.9 Å². The van der Waals surface area contributed by atoms with Crippen molar-refractivity contribution in [2.75, 3.05) is 29.9 Å². The van der Waals surface area contributed by atoms with Crippen LogP contribution in [0.25, 0.3) is 0 Å². The number of halogens is 1. The average molecular weight is 475 g/mol. The van der Waals surface area contributed by atoms with Crippen LogP contribution in [0.1, 0.15) is 29.8 Å². The lowest BCUT2D eigenvalue weighted by Crippen LogP contribution is -2.40. The fourth-order valence-electron chi connectivity index (χ4n) is 4.41. The molecule has 0 saturated carbocycles. The van der Waals surface area contributed by atoms with Gasteiger partial charge in [-0.1, -0.05) is 22.9 Å². The van der Waals surface area contributed by atoms with Crippen LogP contribution in [0, 0.1) is 5.92 Å². The molecule has 0 spiro atoms. The maximum absolute atomic E-state index is 13.2. The number of rotatable bonds is 4. The SMILES string of the molecule is O=C(Nc1nc2c(s1)CN(C(=O)C1CC(=O)N(c3ccc(Cl)cc3)C1)CC2)C1CCCO1. The molecular weight excluding hydrogens is 452 g/mol. The number of fused-ring (bicyclic) bond motifs is 1. The number of carbonyl (C=O) groups is 3. The van der Waals surface area contributed by atoms with Crippen molar-refractivity contribution >= 4 is 51.5 Å². The smallest absolute Gasteiger partial charge is 0.255 e. The van der Waals surface area contributed by atoms with Crippen molar-refractivity contribution in [3.8, 4) is 0 Å². The highest BCUT2D eigenvalue weighted by molar-refractivity contribution is 7.15. The van der Waals surface area contributed by atoms with E-state index in [1.807, 2.05) is 0 Å². The summed E-state index contributed by atoms with van der Waals surface area (Å²) in [6, 6.07) is 7.07. The molecule has 1 N–H and O–H groups in total. The van der Waals surface area contributed by atoms with E-state index in [1.165, 1.54) is 11.3 Å². The van der Waals surface area contributed by atoms with Gasteiger partial charge in [-0.15, -0.1) is 0 Å². The van der Waals surface area contributed by atoms with E-state index in [0.717, 1.165) is 29.1 Å². The molecule has 3 aliphatic rings. The second kappa shape index (κ2) is 8.80. The number of nitrogens with zero attached hydrogens (tertiary/aromatic N) is 3. The number of ether oxygens (including phenoxy) is 1. The van der Waals surface area contributed by atoms with Crippen LogP contribution in [-0.2, 0) is 32.1 Å². The number of hydrogen-bond donors (Lipinski definition) is 1. The lowest BCUT2D eigenvalue weighted by atomic mass is 10.1. The predicted molar refractivity (Wildman–Crippen MR) is 121 cm³/mol. The van der Waals surface area contributed by atoms with Crippen molar-refractivity contribution < 1.29 is 19.1 Å². The summed E-state index contributed by atoms with van der Waals surface area (Å²) in [5, 5.41) is 4.01. The zero-order valence-electron chi connectivity index (χ0n) is 17.4. The molecule has 2 unspecified atom stereocenters. The Morgan fingerprint density at radius 2 is 2.06 bits per heavy atom. The largest absolute Gasteiger partial charge is 0.368 e. The van der Waals surface area contributed by atoms with Gasteiger partial charge in [-0.25, -0.2) is 4.98 Å². The van der Waals surface area contributed by atoms with Gasteiger partial charge >= 0.3 is 0 Å². The molecule has 4 heterocycles. The van der Waals surface area contributed by atoms with E-state index in [1.54, 1.807) is 34.1 Å². The minimum absolute atomic E-state index is 0.0150. The molecule has 1 aromatic heterocycles. The molecule has 8 nitrogen and oxygen atoms in total. The van der Waals surface area contributed by atoms with E-state index >= 15 is 0 Å². The van der Waals surface area contributed by atoms with Crippen LogP contribution in [0.15, 0.2) is 24.3 Å². The summed E-state index contributed by atoms with van der Waals surface area (Å²) in [4.78, 5) is 47.0. The van der Waals surface area contributed by atoms with Crippen molar-refractivity contribution in [1.82, 2.24) is 9.88 Å². The lowest BCUT2D eigenvalue weighted by Gasteiger charge is -2.28. The first-order chi connectivity index (χ1) is 15.5. The minimum atomic E-state index is -0.405. The van der Waals surface area contributed by atoms with E-state index in [9.17, 15) is 14.4 Å². The highest BCUT2D eigenvalue weighted by atomic mass is 35.5. The lowest BCUT2D eigenvalue weighted by molar-refractivity contribution is -0.136. The zero-order chi connectivity index (χ0) is 22.2. The van der Waals surface area contributed by atoms with Gasteiger partial charge in [0.1, 0.15) is 6.10 Å². The molecule has 0 bridgehead atoms. The third kappa shape index (κ3) is 4.24. The van der Waals surface area contributed by atoms with Crippen LogP contribution in [0.4, 0.5) is 10.8 Å². The summed E-state index contributed by atoms with van der Waals surface area (Å²) in [5.41, 5.74) is 1.68. The van der Waals surface area contributed by atoms with Crippen LogP contribution in [-0.4, -0.2) is 53.4 Å². The highest BCUT2D eigenvalue weighted by Crippen LogP contribution is 2.32. The Balaban J connectivity index is 1.22. The molecule has 0 radical (unpaired) electrons. The van der Waals surface area contributed by atoms with E-state index in [2.05, 4.69) is 10.3 Å². The molecule has 168 valence electrons. The van der Waals surface area contributed by atoms with Gasteiger partial charge in [-0.2, -0.15) is 0 Å². The van der Waals surface area contributed by atoms with Crippen LogP contribution in [0.2, 0.25) is 5.02 Å². The molecule has 3 aliphatic heterocycles. The third-order valence-electron chi connectivity index (χ3n) is 6.11. The quantitative estimate of drug-likeness (QED) is 0.735. The first-order valence-corrected chi connectivity index (χ1v) is 11.9. The van der Waals surface area contributed by atoms with Crippen LogP contribution >= 0.6 is 22.9 Å². The van der Waals surface area contributed by atoms with Crippen molar-refractivity contribution in [2.45, 2.75) is 38.3 Å². The Labute approximate surface area is 194 Å². The second-order valence-electron chi connectivity index (χ2n) is 8.27. The van der Waals surface area contributed by atoms with Crippen molar-refractivity contribution in [2.24, 2.45) is 5.92 Å². The molecule has 1 aromatic carbocycles. The predicted octanol–water partition coefficient (Wildman–Crippen LogP) is 2.85. The number of benzene rings is 1. The summed E-state index contributed by atoms with van der Waals surface area (Å²) < 4.78 is 5.42. The molecule has 3 amide bonds. The highest BCUT2D eigenvalue weighted by Gasteiger charge is 2.38. The molecule has 5 rings (SSSR count). The number of aromatic nitrogens is 1. The van der Waals surface area contributed by atoms with E-state index in [-0.39, 0.29) is 30.1 Å². The topological polar surface area (TPSA) is 91.8 Å². The monoisotopic (exact) mass is 474 g/mol. The van der Waals surface area contributed by atoms with E-state index in [0.29, 0.717) is 42.8 Å². The van der Waals surface area contributed by atoms with Gasteiger partial charge in [0, 0.05) is 48.1 Å². The van der Waals surface area contributed by atoms with Gasteiger partial charge in [0.05, 0.1) is 18.2 Å². The fourth-order valence-corrected chi connectivity index (χ4v) is 5.56. The summed E-state index contributed by atoms with van der Waals surface area (Å²) in [6.45, 7) is 1.99. The number of carbonyl (C=O) groups excluding carboxylic acids is 3. The molecule has 0 aliphatic carbocycles. The number of nitrogens with one attached hydrogen (secondary N) is 1. The Morgan fingerprint density at radius 3 is 2.81 bits per heavy atom. The first-order valence-electron chi connectivity index (χ1n) is 10.7. The van der Waals surface area contributed by atoms with E-state index in [4.69, 9.17) is 16.3 Å². The molecule has 2 aromatic rings. The summed E-state index contributed by atoms with van der Waals surface area (Å²) in [6.07, 6.45) is 2.05. The number of amides is 3. The van der Waals surface area contributed by atoms with Gasteiger partial charge in [-0.3, -0.25) is 19.7 Å². The first kappa shape index (κ1) is 21.4. The molecule has 2 saturated heterocycles. The maximum Gasteiger partial charge on any atom is 0.255 e. The second-order valence-corrected chi connectivity index (χ2v) is 9.79. The zero-order valence-corrected chi connectivity index (χ0v) is 19.0. The standard InChI is InChI=1S/C22H23ClN4O4S/c23-14-3-5-15(6-4-14)27-11-13(10-19(27)28)21(30)26-8-7-16-18(12-26)32-22(24-16)25-20(29)17-2-1-9-31-17/h3-6,13,17H,1-2,7-12H2,(H,24,25,29). The number of hydrogen-bond acceptors (Lipinski definition) is 6. The van der Waals surface area contributed by atoms with E-state index < -0.39 is 6.10 Å². The van der Waals surface area contributed by atoms with Gasteiger partial charge in [0.15, 0.2) is 5.13 Å². The molecule has 2 atom stereocenters. The summed E-state index contributed by atoms with van der Waals surface area (Å²) in [7, 11) is 0. The van der Waals surface area contributed by atoms with Crippen molar-refractivity contribution in [1.29, 1.82) is 0 Å². The van der Waals surface area contributed by atoms with Crippen LogP contribution in [0.3, 0.4) is 0 Å². The third-order valence-corrected chi connectivity index (χ3v) is 7.36. The Kier molecular flexibility index (Phi) is 5.88. The molecular formula is C22H23ClN4O4S. The normalized spacial score (nSPS) is 22.8. The van der Waals surface area contributed by atoms with Gasteiger partial charge < -0.3 is 14.5 Å². The summed E-state index contributed by atoms with van der Waals surface area (Å²) in [5.74, 6) is -0.598. The van der Waals surface area contributed by atoms with Crippen LogP contribution in [0.5, 0.6) is 0 Å². The summed E-state index contributed by atoms with van der Waals surface area (Å²) >= 11 is 7.34. The molecule has 2 fully saturated rings. The van der Waals surface area contributed by atoms with Gasteiger partial charge in [-0.05, 0) is 37.1 Å². The number of anilines is 2. The van der Waals surface area contributed by atoms with Crippen molar-refractivity contribution in [3.63, 3.8) is 0 Å². The molecule has 10 heteroatoms. The average Bonchev–Trinajstić information content (AvgIpc) is 3.53. The van der Waals surface area contributed by atoms with Crippen LogP contribution < -0.4 is 10.2 Å². The molecule has 32 heavy (non-hydrogen) atoms. The fraction of sp³-hybridized carbons (Fsp3) is 0.455. The Hall–Kier alpha value is -2.49. The Morgan fingerprint density at radius 1 is 1.25 bits per heavy atom. The Bertz CT molecular complexity index is 1050.